The summed E-state index contributed by atoms with van der Waals surface area (Å²) < 4.78 is 1.07. The summed E-state index contributed by atoms with van der Waals surface area (Å²) in [6.45, 7) is 3.43. The first-order valence-electron chi connectivity index (χ1n) is 7.38. The number of fused-ring (bicyclic) bond motifs is 1. The molecule has 4 nitrogen and oxygen atoms in total. The van der Waals surface area contributed by atoms with Crippen LogP contribution in [0.1, 0.15) is 36.8 Å². The van der Waals surface area contributed by atoms with Crippen LogP contribution in [0.25, 0.3) is 10.9 Å². The van der Waals surface area contributed by atoms with Gasteiger partial charge < -0.3 is 15.0 Å². The fourth-order valence-electron chi connectivity index (χ4n) is 3.24. The van der Waals surface area contributed by atoms with Crippen molar-refractivity contribution in [1.82, 2.24) is 9.88 Å². The molecule has 1 fully saturated rings. The van der Waals surface area contributed by atoms with Gasteiger partial charge in [-0.3, -0.25) is 0 Å². The van der Waals surface area contributed by atoms with Gasteiger partial charge >= 0.3 is 6.09 Å². The molecule has 0 aliphatic carbocycles. The van der Waals surface area contributed by atoms with Crippen molar-refractivity contribution >= 4 is 32.9 Å². The van der Waals surface area contributed by atoms with Crippen LogP contribution in [0.4, 0.5) is 4.79 Å². The molecule has 2 aromatic rings. The molecular weight excluding hydrogens is 332 g/mol. The van der Waals surface area contributed by atoms with Crippen molar-refractivity contribution < 1.29 is 9.90 Å². The van der Waals surface area contributed by atoms with Gasteiger partial charge in [-0.2, -0.15) is 0 Å². The van der Waals surface area contributed by atoms with Crippen molar-refractivity contribution in [3.8, 4) is 0 Å². The van der Waals surface area contributed by atoms with Gasteiger partial charge in [-0.05, 0) is 64.4 Å². The quantitative estimate of drug-likeness (QED) is 0.845. The number of piperidine rings is 1. The summed E-state index contributed by atoms with van der Waals surface area (Å²) in [6.07, 6.45) is 2.00. The standard InChI is InChI=1S/C16H19BrN2O2/c1-2-12-13-9-11(3-4-14(13)18-15(12)17)10-5-7-19(8-6-10)16(20)21/h3-4,9-10,18H,2,5-8H2,1H3,(H,20,21). The highest BCUT2D eigenvalue weighted by molar-refractivity contribution is 9.10. The molecule has 5 heteroatoms. The number of likely N-dealkylation sites (tertiary alicyclic amines) is 1. The van der Waals surface area contributed by atoms with Gasteiger partial charge in [0, 0.05) is 24.0 Å². The summed E-state index contributed by atoms with van der Waals surface area (Å²) in [6, 6.07) is 6.58. The number of rotatable bonds is 2. The summed E-state index contributed by atoms with van der Waals surface area (Å²) in [7, 11) is 0. The number of aromatic nitrogens is 1. The summed E-state index contributed by atoms with van der Waals surface area (Å²) in [5.41, 5.74) is 3.80. The van der Waals surface area contributed by atoms with E-state index in [1.165, 1.54) is 21.4 Å². The number of amides is 1. The molecule has 1 aromatic carbocycles. The number of nitrogens with zero attached hydrogens (tertiary/aromatic N) is 1. The van der Waals surface area contributed by atoms with E-state index < -0.39 is 6.09 Å². The van der Waals surface area contributed by atoms with Crippen LogP contribution in [0.5, 0.6) is 0 Å². The lowest BCUT2D eigenvalue weighted by atomic mass is 9.88. The van der Waals surface area contributed by atoms with Gasteiger partial charge in [0.1, 0.15) is 0 Å². The number of nitrogens with one attached hydrogen (secondary N) is 1. The number of aromatic amines is 1. The van der Waals surface area contributed by atoms with E-state index >= 15 is 0 Å². The highest BCUT2D eigenvalue weighted by Gasteiger charge is 2.23. The van der Waals surface area contributed by atoms with Crippen LogP contribution in [-0.2, 0) is 6.42 Å². The number of aryl methyl sites for hydroxylation is 1. The van der Waals surface area contributed by atoms with E-state index in [9.17, 15) is 4.79 Å². The third kappa shape index (κ3) is 2.67. The topological polar surface area (TPSA) is 56.3 Å². The Labute approximate surface area is 132 Å². The number of hydrogen-bond donors (Lipinski definition) is 2. The molecule has 0 atom stereocenters. The Bertz CT molecular complexity index is 672. The molecule has 0 bridgehead atoms. The molecule has 112 valence electrons. The van der Waals surface area contributed by atoms with Crippen molar-refractivity contribution in [3.63, 3.8) is 0 Å². The second kappa shape index (κ2) is 5.72. The minimum absolute atomic E-state index is 0.461. The van der Waals surface area contributed by atoms with E-state index in [-0.39, 0.29) is 0 Å². The van der Waals surface area contributed by atoms with Crippen LogP contribution in [-0.4, -0.2) is 34.2 Å². The first kappa shape index (κ1) is 14.4. The lowest BCUT2D eigenvalue weighted by Crippen LogP contribution is -2.36. The maximum Gasteiger partial charge on any atom is 0.407 e. The fraction of sp³-hybridized carbons (Fsp3) is 0.438. The molecule has 2 heterocycles. The van der Waals surface area contributed by atoms with Crippen molar-refractivity contribution in [2.24, 2.45) is 0 Å². The molecular formula is C16H19BrN2O2. The zero-order valence-electron chi connectivity index (χ0n) is 12.0. The van der Waals surface area contributed by atoms with E-state index in [4.69, 9.17) is 5.11 Å². The maximum absolute atomic E-state index is 11.0. The van der Waals surface area contributed by atoms with E-state index in [2.05, 4.69) is 46.0 Å². The third-order valence-electron chi connectivity index (χ3n) is 4.47. The van der Waals surface area contributed by atoms with Gasteiger partial charge in [0.05, 0.1) is 4.60 Å². The Morgan fingerprint density at radius 2 is 2.14 bits per heavy atom. The summed E-state index contributed by atoms with van der Waals surface area (Å²) in [5, 5.41) is 10.3. The highest BCUT2D eigenvalue weighted by atomic mass is 79.9. The summed E-state index contributed by atoms with van der Waals surface area (Å²) >= 11 is 3.59. The van der Waals surface area contributed by atoms with E-state index in [0.29, 0.717) is 19.0 Å². The number of benzene rings is 1. The van der Waals surface area contributed by atoms with Crippen molar-refractivity contribution in [2.75, 3.05) is 13.1 Å². The molecule has 1 aliphatic heterocycles. The number of carbonyl (C=O) groups is 1. The molecule has 0 radical (unpaired) electrons. The van der Waals surface area contributed by atoms with Gasteiger partial charge in [0.15, 0.2) is 0 Å². The molecule has 1 amide bonds. The zero-order chi connectivity index (χ0) is 15.0. The van der Waals surface area contributed by atoms with Gasteiger partial charge in [0.2, 0.25) is 0 Å². The Kier molecular flexibility index (Phi) is 3.93. The largest absolute Gasteiger partial charge is 0.465 e. The molecule has 1 saturated heterocycles. The lowest BCUT2D eigenvalue weighted by molar-refractivity contribution is 0.132. The van der Waals surface area contributed by atoms with Crippen LogP contribution in [0.3, 0.4) is 0 Å². The molecule has 0 saturated carbocycles. The Balaban J connectivity index is 1.86. The third-order valence-corrected chi connectivity index (χ3v) is 5.15. The first-order valence-corrected chi connectivity index (χ1v) is 8.17. The second-order valence-electron chi connectivity index (χ2n) is 5.62. The smallest absolute Gasteiger partial charge is 0.407 e. The number of halogens is 1. The van der Waals surface area contributed by atoms with Crippen LogP contribution < -0.4 is 0 Å². The van der Waals surface area contributed by atoms with E-state index in [0.717, 1.165) is 29.4 Å². The molecule has 21 heavy (non-hydrogen) atoms. The first-order chi connectivity index (χ1) is 10.1. The number of hydrogen-bond acceptors (Lipinski definition) is 1. The minimum Gasteiger partial charge on any atom is -0.465 e. The number of H-pyrrole nitrogens is 1. The van der Waals surface area contributed by atoms with Crippen LogP contribution in [0.2, 0.25) is 0 Å². The average molecular weight is 351 g/mol. The molecule has 1 aromatic heterocycles. The molecule has 1 aliphatic rings. The van der Waals surface area contributed by atoms with E-state index in [1.807, 2.05) is 0 Å². The van der Waals surface area contributed by atoms with Gasteiger partial charge in [-0.15, -0.1) is 0 Å². The molecule has 3 rings (SSSR count). The fourth-order valence-corrected chi connectivity index (χ4v) is 3.94. The van der Waals surface area contributed by atoms with Crippen molar-refractivity contribution in [2.45, 2.75) is 32.1 Å². The number of carboxylic acid groups (broad SMARTS) is 1. The lowest BCUT2D eigenvalue weighted by Gasteiger charge is -2.30. The predicted octanol–water partition coefficient (Wildman–Crippen LogP) is 4.35. The van der Waals surface area contributed by atoms with Gasteiger partial charge in [-0.25, -0.2) is 4.79 Å². The van der Waals surface area contributed by atoms with Gasteiger partial charge in [0.25, 0.3) is 0 Å². The normalized spacial score (nSPS) is 16.6. The maximum atomic E-state index is 11.0. The molecule has 0 unspecified atom stereocenters. The molecule has 0 spiro atoms. The monoisotopic (exact) mass is 350 g/mol. The van der Waals surface area contributed by atoms with Crippen LogP contribution >= 0.6 is 15.9 Å². The Morgan fingerprint density at radius 1 is 1.43 bits per heavy atom. The SMILES string of the molecule is CCc1c(Br)[nH]c2ccc(C3CCN(C(=O)O)CC3)cc12. The van der Waals surface area contributed by atoms with E-state index in [1.54, 1.807) is 0 Å². The Hall–Kier alpha value is -1.49. The van der Waals surface area contributed by atoms with Crippen molar-refractivity contribution in [1.29, 1.82) is 0 Å². The van der Waals surface area contributed by atoms with Crippen LogP contribution in [0, 0.1) is 0 Å². The Morgan fingerprint density at radius 3 is 2.76 bits per heavy atom. The summed E-state index contributed by atoms with van der Waals surface area (Å²) in [5.74, 6) is 0.461. The zero-order valence-corrected chi connectivity index (χ0v) is 13.6. The molecule has 2 N–H and O–H groups in total. The van der Waals surface area contributed by atoms with Crippen LogP contribution in [0.15, 0.2) is 22.8 Å². The average Bonchev–Trinajstić information content (AvgIpc) is 2.81. The second-order valence-corrected chi connectivity index (χ2v) is 6.41. The van der Waals surface area contributed by atoms with Gasteiger partial charge in [-0.1, -0.05) is 13.0 Å². The van der Waals surface area contributed by atoms with Crippen molar-refractivity contribution in [3.05, 3.63) is 33.9 Å². The predicted molar refractivity (Wildman–Crippen MR) is 86.9 cm³/mol. The summed E-state index contributed by atoms with van der Waals surface area (Å²) in [4.78, 5) is 15.8. The minimum atomic E-state index is -0.799. The highest BCUT2D eigenvalue weighted by Crippen LogP contribution is 2.33.